The Hall–Kier alpha value is -4.85. The van der Waals surface area contributed by atoms with Crippen LogP contribution in [-0.4, -0.2) is 0 Å². The SMILES string of the molecule is C=CCC(CC)(SC(C)(C)c1ccccc1)c1ccc2c(-c3cc(C=C)c(C=C)c4ccccc34)c3ccccc3c(C3=CCCC=C3)c2c1. The molecule has 1 aliphatic carbocycles. The maximum atomic E-state index is 4.28. The van der Waals surface area contributed by atoms with Gasteiger partial charge in [-0.1, -0.05) is 148 Å². The van der Waals surface area contributed by atoms with Gasteiger partial charge < -0.3 is 0 Å². The van der Waals surface area contributed by atoms with E-state index in [4.69, 9.17) is 0 Å². The maximum absolute atomic E-state index is 4.28. The fourth-order valence-corrected chi connectivity index (χ4v) is 9.96. The van der Waals surface area contributed by atoms with Gasteiger partial charge in [-0.05, 0) is 128 Å². The van der Waals surface area contributed by atoms with Crippen molar-refractivity contribution >= 4 is 61.8 Å². The van der Waals surface area contributed by atoms with Crippen molar-refractivity contribution in [1.29, 1.82) is 0 Å². The lowest BCUT2D eigenvalue weighted by atomic mass is 9.81. The van der Waals surface area contributed by atoms with Crippen LogP contribution in [0.25, 0.3) is 61.2 Å². The minimum atomic E-state index is -0.163. The predicted molar refractivity (Wildman–Crippen MR) is 225 cm³/mol. The zero-order valence-electron chi connectivity index (χ0n) is 29.6. The highest BCUT2D eigenvalue weighted by molar-refractivity contribution is 8.01. The molecule has 1 heteroatoms. The van der Waals surface area contributed by atoms with E-state index in [0.29, 0.717) is 0 Å². The van der Waals surface area contributed by atoms with Gasteiger partial charge in [0.05, 0.1) is 0 Å². The predicted octanol–water partition coefficient (Wildman–Crippen LogP) is 14.7. The van der Waals surface area contributed by atoms with Crippen molar-refractivity contribution in [2.24, 2.45) is 0 Å². The molecule has 0 N–H and O–H groups in total. The zero-order valence-corrected chi connectivity index (χ0v) is 30.5. The molecule has 0 aliphatic heterocycles. The third-order valence-corrected chi connectivity index (χ3v) is 12.4. The molecular formula is C49H46S. The highest BCUT2D eigenvalue weighted by atomic mass is 32.2. The molecule has 6 aromatic carbocycles. The summed E-state index contributed by atoms with van der Waals surface area (Å²) in [6.07, 6.45) is 17.2. The Balaban J connectivity index is 1.59. The van der Waals surface area contributed by atoms with Crippen LogP contribution >= 0.6 is 11.8 Å². The fourth-order valence-electron chi connectivity index (χ4n) is 8.14. The van der Waals surface area contributed by atoms with E-state index in [1.54, 1.807) is 0 Å². The molecule has 1 unspecified atom stereocenters. The van der Waals surface area contributed by atoms with Crippen LogP contribution in [0.3, 0.4) is 0 Å². The average molecular weight is 667 g/mol. The van der Waals surface area contributed by atoms with E-state index in [0.717, 1.165) is 36.8 Å². The van der Waals surface area contributed by atoms with Gasteiger partial charge in [-0.15, -0.1) is 18.3 Å². The molecule has 0 saturated heterocycles. The van der Waals surface area contributed by atoms with Crippen LogP contribution in [0, 0.1) is 0 Å². The highest BCUT2D eigenvalue weighted by Crippen LogP contribution is 2.54. The van der Waals surface area contributed by atoms with Gasteiger partial charge in [-0.25, -0.2) is 0 Å². The van der Waals surface area contributed by atoms with Crippen molar-refractivity contribution in [2.45, 2.75) is 55.9 Å². The fraction of sp³-hybridized carbons (Fsp3) is 0.184. The van der Waals surface area contributed by atoms with Gasteiger partial charge in [-0.2, -0.15) is 0 Å². The van der Waals surface area contributed by atoms with Crippen LogP contribution in [0.4, 0.5) is 0 Å². The van der Waals surface area contributed by atoms with Gasteiger partial charge in [0.2, 0.25) is 0 Å². The molecule has 0 heterocycles. The number of fused-ring (bicyclic) bond motifs is 3. The van der Waals surface area contributed by atoms with Crippen molar-refractivity contribution in [2.75, 3.05) is 0 Å². The molecule has 50 heavy (non-hydrogen) atoms. The van der Waals surface area contributed by atoms with E-state index >= 15 is 0 Å². The molecule has 0 bridgehead atoms. The number of hydrogen-bond donors (Lipinski definition) is 0. The lowest BCUT2D eigenvalue weighted by molar-refractivity contribution is 0.593. The molecule has 0 spiro atoms. The van der Waals surface area contributed by atoms with Crippen LogP contribution < -0.4 is 0 Å². The zero-order chi connectivity index (χ0) is 34.9. The second kappa shape index (κ2) is 13.8. The molecular weight excluding hydrogens is 621 g/mol. The summed E-state index contributed by atoms with van der Waals surface area (Å²) < 4.78 is -0.266. The molecule has 0 aromatic heterocycles. The number of benzene rings is 6. The number of thioether (sulfide) groups is 1. The number of allylic oxidation sites excluding steroid dienone is 5. The Morgan fingerprint density at radius 3 is 1.96 bits per heavy atom. The van der Waals surface area contributed by atoms with Crippen LogP contribution in [-0.2, 0) is 9.49 Å². The Bertz CT molecular complexity index is 2330. The van der Waals surface area contributed by atoms with E-state index in [-0.39, 0.29) is 9.49 Å². The van der Waals surface area contributed by atoms with E-state index in [1.165, 1.54) is 65.7 Å². The second-order valence-electron chi connectivity index (χ2n) is 13.9. The number of hydrogen-bond acceptors (Lipinski definition) is 1. The van der Waals surface area contributed by atoms with E-state index in [9.17, 15) is 0 Å². The lowest BCUT2D eigenvalue weighted by Crippen LogP contribution is -2.27. The third kappa shape index (κ3) is 5.78. The van der Waals surface area contributed by atoms with Crippen molar-refractivity contribution in [3.05, 3.63) is 175 Å². The first-order valence-corrected chi connectivity index (χ1v) is 18.7. The Labute approximate surface area is 302 Å². The molecule has 0 saturated carbocycles. The van der Waals surface area contributed by atoms with Gasteiger partial charge in [0.25, 0.3) is 0 Å². The Kier molecular flexibility index (Phi) is 9.29. The summed E-state index contributed by atoms with van der Waals surface area (Å²) in [6, 6.07) is 38.4. The monoisotopic (exact) mass is 666 g/mol. The minimum Gasteiger partial charge on any atom is -0.139 e. The smallest absolute Gasteiger partial charge is 0.0448 e. The lowest BCUT2D eigenvalue weighted by Gasteiger charge is -2.40. The highest BCUT2D eigenvalue weighted by Gasteiger charge is 2.38. The Morgan fingerprint density at radius 2 is 1.32 bits per heavy atom. The summed E-state index contributed by atoms with van der Waals surface area (Å²) in [5.74, 6) is 0. The Morgan fingerprint density at radius 1 is 0.660 bits per heavy atom. The van der Waals surface area contributed by atoms with Crippen LogP contribution in [0.2, 0.25) is 0 Å². The number of rotatable bonds is 11. The quantitative estimate of drug-likeness (QED) is 0.0979. The summed E-state index contributed by atoms with van der Waals surface area (Å²) >= 11 is 2.07. The third-order valence-electron chi connectivity index (χ3n) is 10.6. The summed E-state index contributed by atoms with van der Waals surface area (Å²) in [6.45, 7) is 19.8. The molecule has 7 rings (SSSR count). The topological polar surface area (TPSA) is 0 Å². The maximum Gasteiger partial charge on any atom is 0.0448 e. The standard InChI is InChI=1S/C49H46S/c1-7-31-49(10-4,50-48(5,6)36-23-15-12-16-24-36)37-29-30-43-45(33-37)46(35-21-13-11-14-22-35)41-27-19-20-28-42(41)47(43)44-32-34(8-2)38(9-3)39-25-17-18-26-40(39)44/h7-9,12-13,15-30,32-33H,1-3,10-11,14,31H2,4-6H3. The minimum absolute atomic E-state index is 0.103. The van der Waals surface area contributed by atoms with Gasteiger partial charge in [-0.3, -0.25) is 0 Å². The molecule has 6 aromatic rings. The van der Waals surface area contributed by atoms with E-state index in [1.807, 2.05) is 12.2 Å². The molecule has 0 nitrogen and oxygen atoms in total. The summed E-state index contributed by atoms with van der Waals surface area (Å²) in [5, 5.41) is 7.53. The first-order chi connectivity index (χ1) is 24.4. The normalized spacial score (nSPS) is 14.4. The van der Waals surface area contributed by atoms with E-state index < -0.39 is 0 Å². The van der Waals surface area contributed by atoms with Gasteiger partial charge in [0.1, 0.15) is 0 Å². The molecule has 0 fully saturated rings. The largest absolute Gasteiger partial charge is 0.139 e. The van der Waals surface area contributed by atoms with Crippen LogP contribution in [0.1, 0.15) is 74.3 Å². The molecule has 1 atom stereocenters. The first-order valence-electron chi connectivity index (χ1n) is 17.9. The summed E-state index contributed by atoms with van der Waals surface area (Å²) in [4.78, 5) is 0. The van der Waals surface area contributed by atoms with E-state index in [2.05, 4.69) is 180 Å². The van der Waals surface area contributed by atoms with Crippen molar-refractivity contribution < 1.29 is 0 Å². The molecule has 0 amide bonds. The summed E-state index contributed by atoms with van der Waals surface area (Å²) in [7, 11) is 0. The van der Waals surface area contributed by atoms with Crippen LogP contribution in [0.15, 0.2) is 147 Å². The van der Waals surface area contributed by atoms with Gasteiger partial charge in [0, 0.05) is 9.49 Å². The van der Waals surface area contributed by atoms with Gasteiger partial charge >= 0.3 is 0 Å². The molecule has 0 radical (unpaired) electrons. The second-order valence-corrected chi connectivity index (χ2v) is 15.9. The van der Waals surface area contributed by atoms with Gasteiger partial charge in [0.15, 0.2) is 0 Å². The van der Waals surface area contributed by atoms with Crippen molar-refractivity contribution in [3.63, 3.8) is 0 Å². The molecule has 248 valence electrons. The summed E-state index contributed by atoms with van der Waals surface area (Å²) in [5.41, 5.74) is 10.0. The molecule has 1 aliphatic rings. The van der Waals surface area contributed by atoms with Crippen molar-refractivity contribution in [3.8, 4) is 11.1 Å². The van der Waals surface area contributed by atoms with Crippen LogP contribution in [0.5, 0.6) is 0 Å². The average Bonchev–Trinajstić information content (AvgIpc) is 3.16. The van der Waals surface area contributed by atoms with Crippen molar-refractivity contribution in [1.82, 2.24) is 0 Å². The first kappa shape index (κ1) is 33.6.